The van der Waals surface area contributed by atoms with Crippen molar-refractivity contribution in [2.24, 2.45) is 5.92 Å². The van der Waals surface area contributed by atoms with Crippen LogP contribution in [0.25, 0.3) is 0 Å². The number of methoxy groups -OCH3 is 1. The molecule has 282 valence electrons. The van der Waals surface area contributed by atoms with E-state index in [1.807, 2.05) is 19.9 Å². The molecule has 0 fully saturated rings. The number of carbonyl (C=O) groups is 3. The predicted octanol–water partition coefficient (Wildman–Crippen LogP) is 6.63. The third-order valence-electron chi connectivity index (χ3n) is 8.28. The number of benzene rings is 1. The first-order valence-electron chi connectivity index (χ1n) is 17.1. The van der Waals surface area contributed by atoms with Crippen molar-refractivity contribution >= 4 is 44.4 Å². The molecule has 1 heterocycles. The summed E-state index contributed by atoms with van der Waals surface area (Å²) in [6.07, 6.45) is 11.1. The van der Waals surface area contributed by atoms with Crippen LogP contribution < -0.4 is 14.6 Å². The van der Waals surface area contributed by atoms with Gasteiger partial charge in [-0.3, -0.25) is 14.2 Å². The van der Waals surface area contributed by atoms with Gasteiger partial charge in [-0.15, -0.1) is 0 Å². The summed E-state index contributed by atoms with van der Waals surface area (Å²) in [7, 11) is -1.70. The summed E-state index contributed by atoms with van der Waals surface area (Å²) < 4.78 is 46.9. The van der Waals surface area contributed by atoms with Gasteiger partial charge in [0.25, 0.3) is 7.52 Å². The highest BCUT2D eigenvalue weighted by molar-refractivity contribution is 7.95. The zero-order chi connectivity index (χ0) is 37.6. The summed E-state index contributed by atoms with van der Waals surface area (Å²) in [5.74, 6) is 0.315. The van der Waals surface area contributed by atoms with Crippen LogP contribution >= 0.6 is 7.52 Å². The molecule has 0 radical (unpaired) electrons. The van der Waals surface area contributed by atoms with Crippen LogP contribution in [0, 0.1) is 12.8 Å². The zero-order valence-corrected chi connectivity index (χ0v) is 34.6. The normalized spacial score (nSPS) is 15.8. The molecule has 1 aromatic rings. The topological polar surface area (TPSA) is 136 Å². The van der Waals surface area contributed by atoms with Gasteiger partial charge < -0.3 is 28.2 Å². The number of fused-ring (bicyclic) bond motifs is 1. The van der Waals surface area contributed by atoms with Crippen LogP contribution in [0.3, 0.4) is 0 Å². The minimum atomic E-state index is -3.38. The lowest BCUT2D eigenvalue weighted by atomic mass is 9.93. The first kappa shape index (κ1) is 43.6. The molecule has 0 bridgehead atoms. The van der Waals surface area contributed by atoms with Gasteiger partial charge >= 0.3 is 17.9 Å². The molecule has 2 rings (SSSR count). The van der Waals surface area contributed by atoms with Gasteiger partial charge in [0, 0.05) is 26.3 Å². The van der Waals surface area contributed by atoms with Crippen LogP contribution in [0.15, 0.2) is 23.8 Å². The van der Waals surface area contributed by atoms with Gasteiger partial charge in [0.1, 0.15) is 42.1 Å². The number of cyclic esters (lactones) is 1. The number of rotatable bonds is 22. The van der Waals surface area contributed by atoms with Gasteiger partial charge in [0.05, 0.1) is 44.9 Å². The van der Waals surface area contributed by atoms with E-state index in [-0.39, 0.29) is 36.2 Å². The van der Waals surface area contributed by atoms with E-state index >= 15 is 0 Å². The second-order valence-corrected chi connectivity index (χ2v) is 24.3. The van der Waals surface area contributed by atoms with Crippen LogP contribution in [0.2, 0.25) is 25.7 Å². The monoisotopic (exact) mass is 756 g/mol. The summed E-state index contributed by atoms with van der Waals surface area (Å²) in [4.78, 5) is 38.3. The first-order valence-corrected chi connectivity index (χ1v) is 24.8. The number of hydrogen-bond donors (Lipinski definition) is 1. The average Bonchev–Trinajstić information content (AvgIpc) is 3.43. The molecule has 0 saturated heterocycles. The predicted molar refractivity (Wildman–Crippen MR) is 204 cm³/mol. The number of carbonyl (C=O) groups excluding carboxylic acids is 3. The molecule has 11 nitrogen and oxygen atoms in total. The van der Waals surface area contributed by atoms with Gasteiger partial charge in [0.15, 0.2) is 0 Å². The maximum absolute atomic E-state index is 13.4. The van der Waals surface area contributed by atoms with E-state index in [2.05, 4.69) is 37.2 Å². The number of esters is 3. The van der Waals surface area contributed by atoms with E-state index in [9.17, 15) is 18.9 Å². The van der Waals surface area contributed by atoms with E-state index in [0.29, 0.717) is 49.5 Å². The van der Waals surface area contributed by atoms with Crippen LogP contribution in [-0.2, 0) is 56.8 Å². The highest BCUT2D eigenvalue weighted by Crippen LogP contribution is 2.43. The lowest BCUT2D eigenvalue weighted by Crippen LogP contribution is -2.34. The van der Waals surface area contributed by atoms with Crippen molar-refractivity contribution in [3.05, 3.63) is 46.1 Å². The molecule has 0 spiro atoms. The highest BCUT2D eigenvalue weighted by Gasteiger charge is 2.33. The standard InChI is InChI=1S/C36H59NO10PSSi/c1-12-44-34(38)27(4)37-48(41,43-6)20-14-13-15-28(35(39)46-19-22-50(9,10)11)23-25(2)16-17-29-32(42-5)26(3)30-24-47-36(40)31(30)33(29)45-18-21-49(7)8/h13-14,16,27-28H,12,15,17-24H2,1-11H3,(H,37,41)/q+1/b14-13+,25-16+/t27-,28?,48?/m0/s1. The Morgan fingerprint density at radius 2 is 1.78 bits per heavy atom. The van der Waals surface area contributed by atoms with Crippen molar-refractivity contribution in [3.63, 3.8) is 0 Å². The van der Waals surface area contributed by atoms with E-state index in [1.165, 1.54) is 7.11 Å². The van der Waals surface area contributed by atoms with E-state index in [1.54, 1.807) is 33.1 Å². The first-order chi connectivity index (χ1) is 23.5. The van der Waals surface area contributed by atoms with E-state index < -0.39 is 39.5 Å². The largest absolute Gasteiger partial charge is 0.496 e. The van der Waals surface area contributed by atoms with Crippen molar-refractivity contribution in [3.8, 4) is 11.5 Å². The minimum absolute atomic E-state index is 0.0272. The summed E-state index contributed by atoms with van der Waals surface area (Å²) in [6, 6.07) is 0.0495. The lowest BCUT2D eigenvalue weighted by Gasteiger charge is -2.21. The molecule has 1 aromatic carbocycles. The van der Waals surface area contributed by atoms with Gasteiger partial charge in [0.2, 0.25) is 0 Å². The quantitative estimate of drug-likeness (QED) is 0.0341. The maximum Gasteiger partial charge on any atom is 0.342 e. The zero-order valence-electron chi connectivity index (χ0n) is 31.9. The molecule has 0 amide bonds. The third kappa shape index (κ3) is 13.5. The molecule has 3 atom stereocenters. The van der Waals surface area contributed by atoms with Gasteiger partial charge in [-0.25, -0.2) is 9.88 Å². The molecular formula is C36H59NO10PSSi+. The third-order valence-corrected chi connectivity index (χ3v) is 13.0. The molecule has 50 heavy (non-hydrogen) atoms. The molecular weight excluding hydrogens is 698 g/mol. The molecule has 0 saturated carbocycles. The Bertz CT molecular complexity index is 1440. The second kappa shape index (κ2) is 20.5. The number of allylic oxidation sites excluding steroid dienone is 4. The van der Waals surface area contributed by atoms with E-state index in [0.717, 1.165) is 34.1 Å². The molecule has 0 aromatic heterocycles. The fourth-order valence-electron chi connectivity index (χ4n) is 5.34. The number of ether oxygens (including phenoxy) is 5. The molecule has 2 unspecified atom stereocenters. The summed E-state index contributed by atoms with van der Waals surface area (Å²) >= 11 is 0. The molecule has 1 aliphatic rings. The van der Waals surface area contributed by atoms with Crippen molar-refractivity contribution in [2.75, 3.05) is 58.5 Å². The Hall–Kier alpha value is -2.57. The SMILES string of the molecule is CCOC(=O)[C@H](C)NP(=O)(C/C=C/CC(C/C(C)=C/Cc1c(OC)c(C)c2c(c1OCC[S+](C)C)C(=O)OC2)C(=O)OCC[Si](C)(C)C)OC. The van der Waals surface area contributed by atoms with Crippen LogP contribution in [0.4, 0.5) is 0 Å². The van der Waals surface area contributed by atoms with Crippen LogP contribution in [-0.4, -0.2) is 90.5 Å². The Morgan fingerprint density at radius 3 is 2.38 bits per heavy atom. The Balaban J connectivity index is 2.32. The van der Waals surface area contributed by atoms with Crippen molar-refractivity contribution in [1.29, 1.82) is 0 Å². The Kier molecular flexibility index (Phi) is 17.8. The smallest absolute Gasteiger partial charge is 0.342 e. The fraction of sp³-hybridized carbons (Fsp3) is 0.639. The maximum atomic E-state index is 13.4. The molecule has 1 aliphatic heterocycles. The summed E-state index contributed by atoms with van der Waals surface area (Å²) in [6.45, 7) is 15.1. The van der Waals surface area contributed by atoms with E-state index in [4.69, 9.17) is 28.2 Å². The summed E-state index contributed by atoms with van der Waals surface area (Å²) in [5.41, 5.74) is 3.82. The fourth-order valence-corrected chi connectivity index (χ4v) is 7.95. The second-order valence-electron chi connectivity index (χ2n) is 13.9. The van der Waals surface area contributed by atoms with Crippen molar-refractivity contribution in [1.82, 2.24) is 5.09 Å². The van der Waals surface area contributed by atoms with Crippen LogP contribution in [0.1, 0.15) is 60.7 Å². The van der Waals surface area contributed by atoms with Gasteiger partial charge in [-0.05, 0) is 69.5 Å². The molecule has 0 aliphatic carbocycles. The van der Waals surface area contributed by atoms with Crippen molar-refractivity contribution < 1.29 is 47.2 Å². The number of nitrogens with one attached hydrogen (secondary N) is 1. The average molecular weight is 757 g/mol. The summed E-state index contributed by atoms with van der Waals surface area (Å²) in [5, 5.41) is 2.76. The molecule has 14 heteroatoms. The lowest BCUT2D eigenvalue weighted by molar-refractivity contribution is -0.148. The van der Waals surface area contributed by atoms with Crippen molar-refractivity contribution in [2.45, 2.75) is 85.3 Å². The van der Waals surface area contributed by atoms with Gasteiger partial charge in [-0.1, -0.05) is 43.4 Å². The Morgan fingerprint density at radius 1 is 1.08 bits per heavy atom. The highest BCUT2D eigenvalue weighted by atomic mass is 32.2. The molecule has 1 N–H and O–H groups in total. The Labute approximate surface area is 303 Å². The number of hydrogen-bond acceptors (Lipinski definition) is 10. The van der Waals surface area contributed by atoms with Gasteiger partial charge in [-0.2, -0.15) is 0 Å². The van der Waals surface area contributed by atoms with Crippen LogP contribution in [0.5, 0.6) is 11.5 Å². The minimum Gasteiger partial charge on any atom is -0.496 e.